The average Bonchev–Trinajstić information content (AvgIpc) is 2.43. The van der Waals surface area contributed by atoms with Crippen LogP contribution in [0.2, 0.25) is 5.02 Å². The highest BCUT2D eigenvalue weighted by Gasteiger charge is 2.08. The largest absolute Gasteiger partial charge is 0.483 e. The fourth-order valence-corrected chi connectivity index (χ4v) is 2.06. The zero-order chi connectivity index (χ0) is 15.4. The van der Waals surface area contributed by atoms with Gasteiger partial charge >= 0.3 is 0 Å². The summed E-state index contributed by atoms with van der Waals surface area (Å²) in [4.78, 5) is 16.2. The molecule has 1 amide bonds. The van der Waals surface area contributed by atoms with Crippen molar-refractivity contribution < 1.29 is 9.53 Å². The van der Waals surface area contributed by atoms with Crippen LogP contribution in [0.5, 0.6) is 5.75 Å². The van der Waals surface area contributed by atoms with E-state index in [0.29, 0.717) is 16.5 Å². The number of pyridine rings is 1. The lowest BCUT2D eigenvalue weighted by Gasteiger charge is -2.11. The van der Waals surface area contributed by atoms with Gasteiger partial charge in [-0.05, 0) is 45.0 Å². The van der Waals surface area contributed by atoms with Crippen molar-refractivity contribution in [3.8, 4) is 5.75 Å². The molecule has 0 bridgehead atoms. The van der Waals surface area contributed by atoms with E-state index < -0.39 is 0 Å². The molecule has 0 saturated carbocycles. The highest BCUT2D eigenvalue weighted by Crippen LogP contribution is 2.25. The molecule has 1 aromatic carbocycles. The third kappa shape index (κ3) is 3.95. The van der Waals surface area contributed by atoms with Crippen molar-refractivity contribution in [2.75, 3.05) is 11.9 Å². The Hall–Kier alpha value is -2.07. The number of rotatable bonds is 4. The van der Waals surface area contributed by atoms with Crippen LogP contribution in [0.15, 0.2) is 30.3 Å². The summed E-state index contributed by atoms with van der Waals surface area (Å²) < 4.78 is 5.50. The molecule has 110 valence electrons. The molecular formula is C16H17ClN2O2. The molecule has 21 heavy (non-hydrogen) atoms. The van der Waals surface area contributed by atoms with Crippen LogP contribution >= 0.6 is 11.6 Å². The summed E-state index contributed by atoms with van der Waals surface area (Å²) in [5.41, 5.74) is 3.20. The van der Waals surface area contributed by atoms with Crippen LogP contribution in [-0.2, 0) is 4.79 Å². The zero-order valence-corrected chi connectivity index (χ0v) is 13.0. The van der Waals surface area contributed by atoms with E-state index in [1.165, 1.54) is 0 Å². The SMILES string of the molecule is Cc1ccc(NC(=O)COc2cccc(Cl)c2C)c(C)n1. The third-order valence-electron chi connectivity index (χ3n) is 3.08. The second kappa shape index (κ2) is 6.59. The van der Waals surface area contributed by atoms with E-state index >= 15 is 0 Å². The number of halogens is 1. The highest BCUT2D eigenvalue weighted by molar-refractivity contribution is 6.31. The number of aryl methyl sites for hydroxylation is 2. The summed E-state index contributed by atoms with van der Waals surface area (Å²) in [6.45, 7) is 5.53. The van der Waals surface area contributed by atoms with E-state index in [1.807, 2.05) is 32.9 Å². The maximum Gasteiger partial charge on any atom is 0.262 e. The van der Waals surface area contributed by atoms with Gasteiger partial charge in [0.05, 0.1) is 11.4 Å². The molecule has 0 unspecified atom stereocenters. The Labute approximate surface area is 129 Å². The van der Waals surface area contributed by atoms with E-state index in [-0.39, 0.29) is 12.5 Å². The fraction of sp³-hybridized carbons (Fsp3) is 0.250. The summed E-state index contributed by atoms with van der Waals surface area (Å²) in [6.07, 6.45) is 0. The lowest BCUT2D eigenvalue weighted by atomic mass is 10.2. The minimum atomic E-state index is -0.233. The Morgan fingerprint density at radius 2 is 2.00 bits per heavy atom. The van der Waals surface area contributed by atoms with Crippen LogP contribution in [0.1, 0.15) is 17.0 Å². The van der Waals surface area contributed by atoms with Crippen LogP contribution < -0.4 is 10.1 Å². The summed E-state index contributed by atoms with van der Waals surface area (Å²) in [6, 6.07) is 9.04. The molecule has 0 fully saturated rings. The Morgan fingerprint density at radius 3 is 2.71 bits per heavy atom. The maximum atomic E-state index is 11.9. The molecule has 1 heterocycles. The Bertz CT molecular complexity index is 671. The first-order chi connectivity index (χ1) is 9.97. The minimum absolute atomic E-state index is 0.0749. The molecule has 2 rings (SSSR count). The van der Waals surface area contributed by atoms with Gasteiger partial charge in [-0.1, -0.05) is 17.7 Å². The maximum absolute atomic E-state index is 11.9. The number of benzene rings is 1. The van der Waals surface area contributed by atoms with E-state index in [9.17, 15) is 4.79 Å². The van der Waals surface area contributed by atoms with Crippen LogP contribution in [0.4, 0.5) is 5.69 Å². The smallest absolute Gasteiger partial charge is 0.262 e. The first-order valence-corrected chi connectivity index (χ1v) is 6.97. The lowest BCUT2D eigenvalue weighted by molar-refractivity contribution is -0.118. The van der Waals surface area contributed by atoms with Crippen molar-refractivity contribution >= 4 is 23.2 Å². The number of hydrogen-bond acceptors (Lipinski definition) is 3. The van der Waals surface area contributed by atoms with Crippen molar-refractivity contribution in [1.29, 1.82) is 0 Å². The number of hydrogen-bond donors (Lipinski definition) is 1. The summed E-state index contributed by atoms with van der Waals surface area (Å²) in [5, 5.41) is 3.40. The quantitative estimate of drug-likeness (QED) is 0.937. The number of aromatic nitrogens is 1. The monoisotopic (exact) mass is 304 g/mol. The van der Waals surface area contributed by atoms with Crippen molar-refractivity contribution in [3.05, 3.63) is 52.3 Å². The van der Waals surface area contributed by atoms with Gasteiger partial charge in [0.1, 0.15) is 5.75 Å². The lowest BCUT2D eigenvalue weighted by Crippen LogP contribution is -2.21. The van der Waals surface area contributed by atoms with E-state index in [4.69, 9.17) is 16.3 Å². The van der Waals surface area contributed by atoms with Gasteiger partial charge in [-0.2, -0.15) is 0 Å². The number of carbonyl (C=O) groups is 1. The normalized spacial score (nSPS) is 10.3. The standard InChI is InChI=1S/C16H17ClN2O2/c1-10-7-8-14(12(3)18-10)19-16(20)9-21-15-6-4-5-13(17)11(15)2/h4-8H,9H2,1-3H3,(H,19,20). The third-order valence-corrected chi connectivity index (χ3v) is 3.49. The second-order valence-electron chi connectivity index (χ2n) is 4.79. The van der Waals surface area contributed by atoms with Crippen LogP contribution in [0.3, 0.4) is 0 Å². The summed E-state index contributed by atoms with van der Waals surface area (Å²) in [7, 11) is 0. The molecule has 5 heteroatoms. The molecule has 0 spiro atoms. The topological polar surface area (TPSA) is 51.2 Å². The first kappa shape index (κ1) is 15.3. The number of carbonyl (C=O) groups excluding carboxylic acids is 1. The molecule has 1 N–H and O–H groups in total. The predicted molar refractivity (Wildman–Crippen MR) is 84.0 cm³/mol. The van der Waals surface area contributed by atoms with Gasteiger partial charge in [0.25, 0.3) is 5.91 Å². The molecular weight excluding hydrogens is 288 g/mol. The van der Waals surface area contributed by atoms with Crippen molar-refractivity contribution in [2.45, 2.75) is 20.8 Å². The molecule has 0 aliphatic heterocycles. The number of nitrogens with zero attached hydrogens (tertiary/aromatic N) is 1. The second-order valence-corrected chi connectivity index (χ2v) is 5.19. The van der Waals surface area contributed by atoms with E-state index in [1.54, 1.807) is 18.2 Å². The van der Waals surface area contributed by atoms with Crippen molar-refractivity contribution in [1.82, 2.24) is 4.98 Å². The Balaban J connectivity index is 1.97. The van der Waals surface area contributed by atoms with Gasteiger partial charge in [0.2, 0.25) is 0 Å². The van der Waals surface area contributed by atoms with Gasteiger partial charge in [-0.25, -0.2) is 0 Å². The van der Waals surface area contributed by atoms with Crippen LogP contribution in [0, 0.1) is 20.8 Å². The van der Waals surface area contributed by atoms with Crippen molar-refractivity contribution in [2.24, 2.45) is 0 Å². The van der Waals surface area contributed by atoms with Gasteiger partial charge < -0.3 is 10.1 Å². The van der Waals surface area contributed by atoms with E-state index in [0.717, 1.165) is 17.0 Å². The Morgan fingerprint density at radius 1 is 1.24 bits per heavy atom. The molecule has 0 radical (unpaired) electrons. The number of anilines is 1. The van der Waals surface area contributed by atoms with E-state index in [2.05, 4.69) is 10.3 Å². The molecule has 0 aliphatic carbocycles. The minimum Gasteiger partial charge on any atom is -0.483 e. The molecule has 2 aromatic rings. The van der Waals surface area contributed by atoms with Crippen LogP contribution in [0.25, 0.3) is 0 Å². The average molecular weight is 305 g/mol. The summed E-state index contributed by atoms with van der Waals surface area (Å²) in [5.74, 6) is 0.375. The molecule has 0 aliphatic rings. The number of ether oxygens (including phenoxy) is 1. The van der Waals surface area contributed by atoms with Gasteiger partial charge in [0, 0.05) is 16.3 Å². The first-order valence-electron chi connectivity index (χ1n) is 6.59. The van der Waals surface area contributed by atoms with Crippen LogP contribution in [-0.4, -0.2) is 17.5 Å². The molecule has 4 nitrogen and oxygen atoms in total. The molecule has 0 atom stereocenters. The fourth-order valence-electron chi connectivity index (χ4n) is 1.89. The number of amides is 1. The van der Waals surface area contributed by atoms with Gasteiger partial charge in [-0.15, -0.1) is 0 Å². The number of nitrogens with one attached hydrogen (secondary N) is 1. The highest BCUT2D eigenvalue weighted by atomic mass is 35.5. The zero-order valence-electron chi connectivity index (χ0n) is 12.2. The predicted octanol–water partition coefficient (Wildman–Crippen LogP) is 3.68. The van der Waals surface area contributed by atoms with Crippen molar-refractivity contribution in [3.63, 3.8) is 0 Å². The molecule has 1 aromatic heterocycles. The van der Waals surface area contributed by atoms with Gasteiger partial charge in [0.15, 0.2) is 6.61 Å². The summed E-state index contributed by atoms with van der Waals surface area (Å²) >= 11 is 6.01. The Kier molecular flexibility index (Phi) is 4.81. The molecule has 0 saturated heterocycles. The van der Waals surface area contributed by atoms with Gasteiger partial charge in [-0.3, -0.25) is 9.78 Å².